The Morgan fingerprint density at radius 2 is 1.51 bits per heavy atom. The van der Waals surface area contributed by atoms with Gasteiger partial charge in [-0.3, -0.25) is 4.90 Å². The van der Waals surface area contributed by atoms with E-state index in [1.165, 1.54) is 31.7 Å². The van der Waals surface area contributed by atoms with Crippen LogP contribution in [0.25, 0.3) is 22.3 Å². The number of aliphatic hydroxyl groups is 1. The molecule has 1 saturated heterocycles. The highest BCUT2D eigenvalue weighted by Gasteiger charge is 2.24. The molecule has 1 aromatic heterocycles. The van der Waals surface area contributed by atoms with Gasteiger partial charge in [0.05, 0.1) is 0 Å². The SMILES string of the molecule is Oc1ccc(-c2oc3cc(O)ccc3c2C(O)c2ccc(OCCN3CCCCCC3)cc2)cc1. The number of ether oxygens (including phenoxy) is 1. The molecular formula is C29H31NO5. The first kappa shape index (κ1) is 23.3. The monoisotopic (exact) mass is 473 g/mol. The highest BCUT2D eigenvalue weighted by atomic mass is 16.5. The minimum atomic E-state index is -0.948. The molecule has 2 heterocycles. The van der Waals surface area contributed by atoms with Gasteiger partial charge in [0.2, 0.25) is 0 Å². The predicted octanol–water partition coefficient (Wildman–Crippen LogP) is 5.85. The van der Waals surface area contributed by atoms with E-state index in [2.05, 4.69) is 4.90 Å². The van der Waals surface area contributed by atoms with Crippen LogP contribution < -0.4 is 4.74 Å². The second-order valence-electron chi connectivity index (χ2n) is 9.15. The quantitative estimate of drug-likeness (QED) is 0.312. The number of benzene rings is 3. The van der Waals surface area contributed by atoms with Gasteiger partial charge in [0.25, 0.3) is 0 Å². The van der Waals surface area contributed by atoms with Crippen molar-refractivity contribution in [2.75, 3.05) is 26.2 Å². The molecular weight excluding hydrogens is 442 g/mol. The van der Waals surface area contributed by atoms with Crippen molar-refractivity contribution >= 4 is 11.0 Å². The molecule has 6 nitrogen and oxygen atoms in total. The second kappa shape index (κ2) is 10.4. The topological polar surface area (TPSA) is 86.3 Å². The van der Waals surface area contributed by atoms with Crippen molar-refractivity contribution in [3.8, 4) is 28.6 Å². The molecule has 1 atom stereocenters. The number of phenolic OH excluding ortho intramolecular Hbond substituents is 2. The van der Waals surface area contributed by atoms with Crippen LogP contribution in [0.3, 0.4) is 0 Å². The first-order valence-corrected chi connectivity index (χ1v) is 12.3. The average Bonchev–Trinajstić information content (AvgIpc) is 3.04. The number of aliphatic hydroxyl groups excluding tert-OH is 1. The Kier molecular flexibility index (Phi) is 6.93. The maximum Gasteiger partial charge on any atom is 0.141 e. The van der Waals surface area contributed by atoms with Gasteiger partial charge >= 0.3 is 0 Å². The van der Waals surface area contributed by atoms with Crippen LogP contribution in [0.4, 0.5) is 0 Å². The molecule has 0 radical (unpaired) electrons. The van der Waals surface area contributed by atoms with Crippen molar-refractivity contribution in [1.29, 1.82) is 0 Å². The van der Waals surface area contributed by atoms with E-state index in [9.17, 15) is 15.3 Å². The predicted molar refractivity (Wildman–Crippen MR) is 136 cm³/mol. The van der Waals surface area contributed by atoms with Gasteiger partial charge in [0.1, 0.15) is 41.3 Å². The minimum Gasteiger partial charge on any atom is -0.508 e. The molecule has 0 bridgehead atoms. The summed E-state index contributed by atoms with van der Waals surface area (Å²) in [6.45, 7) is 3.86. The first-order chi connectivity index (χ1) is 17.1. The highest BCUT2D eigenvalue weighted by molar-refractivity contribution is 5.89. The Morgan fingerprint density at radius 3 is 2.23 bits per heavy atom. The Bertz CT molecular complexity index is 1250. The number of aromatic hydroxyl groups is 2. The molecule has 0 saturated carbocycles. The molecule has 182 valence electrons. The molecule has 1 aliphatic heterocycles. The smallest absolute Gasteiger partial charge is 0.141 e. The highest BCUT2D eigenvalue weighted by Crippen LogP contribution is 2.41. The summed E-state index contributed by atoms with van der Waals surface area (Å²) in [5, 5.41) is 31.7. The van der Waals surface area contributed by atoms with Crippen LogP contribution in [0.15, 0.2) is 71.1 Å². The summed E-state index contributed by atoms with van der Waals surface area (Å²) >= 11 is 0. The third-order valence-corrected chi connectivity index (χ3v) is 6.69. The van der Waals surface area contributed by atoms with Crippen molar-refractivity contribution in [1.82, 2.24) is 4.90 Å². The molecule has 5 rings (SSSR count). The lowest BCUT2D eigenvalue weighted by atomic mass is 9.96. The lowest BCUT2D eigenvalue weighted by Gasteiger charge is -2.19. The molecule has 3 N–H and O–H groups in total. The van der Waals surface area contributed by atoms with Crippen molar-refractivity contribution < 1.29 is 24.5 Å². The van der Waals surface area contributed by atoms with Gasteiger partial charge in [-0.15, -0.1) is 0 Å². The van der Waals surface area contributed by atoms with Crippen molar-refractivity contribution in [3.05, 3.63) is 77.9 Å². The summed E-state index contributed by atoms with van der Waals surface area (Å²) < 4.78 is 12.0. The third-order valence-electron chi connectivity index (χ3n) is 6.69. The summed E-state index contributed by atoms with van der Waals surface area (Å²) in [6.07, 6.45) is 4.23. The van der Waals surface area contributed by atoms with E-state index in [4.69, 9.17) is 9.15 Å². The van der Waals surface area contributed by atoms with E-state index >= 15 is 0 Å². The fraction of sp³-hybridized carbons (Fsp3) is 0.310. The lowest BCUT2D eigenvalue weighted by molar-refractivity contribution is 0.213. The molecule has 0 aliphatic carbocycles. The Labute approximate surface area is 205 Å². The summed E-state index contributed by atoms with van der Waals surface area (Å²) in [5.41, 5.74) is 2.53. The number of nitrogens with zero attached hydrogens (tertiary/aromatic N) is 1. The molecule has 0 spiro atoms. The zero-order valence-electron chi connectivity index (χ0n) is 19.7. The van der Waals surface area contributed by atoms with E-state index in [1.807, 2.05) is 24.3 Å². The number of likely N-dealkylation sites (tertiary alicyclic amines) is 1. The minimum absolute atomic E-state index is 0.0891. The summed E-state index contributed by atoms with van der Waals surface area (Å²) in [4.78, 5) is 2.47. The number of fused-ring (bicyclic) bond motifs is 1. The van der Waals surface area contributed by atoms with Crippen molar-refractivity contribution in [3.63, 3.8) is 0 Å². The Hall–Kier alpha value is -3.48. The largest absolute Gasteiger partial charge is 0.508 e. The molecule has 1 unspecified atom stereocenters. The normalized spacial score (nSPS) is 15.7. The number of phenols is 2. The second-order valence-corrected chi connectivity index (χ2v) is 9.15. The molecule has 4 aromatic rings. The molecule has 0 amide bonds. The van der Waals surface area contributed by atoms with Crippen LogP contribution in [0.1, 0.15) is 42.9 Å². The van der Waals surface area contributed by atoms with Crippen LogP contribution in [-0.2, 0) is 0 Å². The van der Waals surface area contributed by atoms with Gasteiger partial charge in [0, 0.05) is 29.1 Å². The zero-order valence-corrected chi connectivity index (χ0v) is 19.7. The van der Waals surface area contributed by atoms with E-state index in [0.29, 0.717) is 29.1 Å². The fourth-order valence-electron chi connectivity index (χ4n) is 4.77. The Morgan fingerprint density at radius 1 is 0.829 bits per heavy atom. The number of hydrogen-bond acceptors (Lipinski definition) is 6. The van der Waals surface area contributed by atoms with Crippen molar-refractivity contribution in [2.45, 2.75) is 31.8 Å². The molecule has 6 heteroatoms. The summed E-state index contributed by atoms with van der Waals surface area (Å²) in [7, 11) is 0. The fourth-order valence-corrected chi connectivity index (χ4v) is 4.77. The van der Waals surface area contributed by atoms with E-state index < -0.39 is 6.10 Å². The maximum absolute atomic E-state index is 11.4. The van der Waals surface area contributed by atoms with Gasteiger partial charge in [-0.05, 0) is 80.0 Å². The maximum atomic E-state index is 11.4. The van der Waals surface area contributed by atoms with Crippen molar-refractivity contribution in [2.24, 2.45) is 0 Å². The van der Waals surface area contributed by atoms with Crippen LogP contribution in [0, 0.1) is 0 Å². The van der Waals surface area contributed by atoms with Gasteiger partial charge < -0.3 is 24.5 Å². The van der Waals surface area contributed by atoms with Gasteiger partial charge in [-0.25, -0.2) is 0 Å². The van der Waals surface area contributed by atoms with E-state index in [1.54, 1.807) is 36.4 Å². The van der Waals surface area contributed by atoms with Gasteiger partial charge in [0.15, 0.2) is 0 Å². The van der Waals surface area contributed by atoms with E-state index in [0.717, 1.165) is 36.3 Å². The van der Waals surface area contributed by atoms with Gasteiger partial charge in [-0.2, -0.15) is 0 Å². The van der Waals surface area contributed by atoms with Gasteiger partial charge in [-0.1, -0.05) is 25.0 Å². The summed E-state index contributed by atoms with van der Waals surface area (Å²) in [6, 6.07) is 19.0. The molecule has 35 heavy (non-hydrogen) atoms. The summed E-state index contributed by atoms with van der Waals surface area (Å²) in [5.74, 6) is 1.51. The number of hydrogen-bond donors (Lipinski definition) is 3. The Balaban J connectivity index is 1.36. The first-order valence-electron chi connectivity index (χ1n) is 12.3. The molecule has 1 fully saturated rings. The van der Waals surface area contributed by atoms with Crippen LogP contribution in [0.5, 0.6) is 17.2 Å². The lowest BCUT2D eigenvalue weighted by Crippen LogP contribution is -2.29. The van der Waals surface area contributed by atoms with Crippen LogP contribution >= 0.6 is 0 Å². The molecule has 3 aromatic carbocycles. The third kappa shape index (κ3) is 5.29. The van der Waals surface area contributed by atoms with E-state index in [-0.39, 0.29) is 11.5 Å². The van der Waals surface area contributed by atoms with Crippen LogP contribution in [0.2, 0.25) is 0 Å². The number of furan rings is 1. The standard InChI is InChI=1S/C29H31NO5/c31-22-9-5-21(6-10-22)29-27(25-14-11-23(32)19-26(25)35-29)28(33)20-7-12-24(13-8-20)34-18-17-30-15-3-1-2-4-16-30/h5-14,19,28,31-33H,1-4,15-18H2. The average molecular weight is 474 g/mol. The molecule has 1 aliphatic rings. The van der Waals surface area contributed by atoms with Crippen LogP contribution in [-0.4, -0.2) is 46.5 Å². The zero-order chi connectivity index (χ0) is 24.2. The number of rotatable bonds is 7.